The zero-order valence-corrected chi connectivity index (χ0v) is 8.74. The van der Waals surface area contributed by atoms with Gasteiger partial charge in [-0.25, -0.2) is 0 Å². The van der Waals surface area contributed by atoms with Crippen molar-refractivity contribution in [2.24, 2.45) is 0 Å². The van der Waals surface area contributed by atoms with E-state index in [4.69, 9.17) is 5.26 Å². The molecule has 1 saturated heterocycles. The molecule has 0 aliphatic carbocycles. The maximum atomic E-state index is 9.06. The summed E-state index contributed by atoms with van der Waals surface area (Å²) >= 11 is 1.89. The summed E-state index contributed by atoms with van der Waals surface area (Å²) in [5.74, 6) is 0.933. The molecule has 1 rings (SSSR count). The van der Waals surface area contributed by atoms with Crippen molar-refractivity contribution in [1.29, 1.82) is 5.26 Å². The lowest BCUT2D eigenvalue weighted by molar-refractivity contribution is 0.402. The van der Waals surface area contributed by atoms with Crippen molar-refractivity contribution < 1.29 is 0 Å². The van der Waals surface area contributed by atoms with Crippen molar-refractivity contribution in [3.05, 3.63) is 0 Å². The lowest BCUT2D eigenvalue weighted by Crippen LogP contribution is -2.47. The molecule has 12 heavy (non-hydrogen) atoms. The SMILES string of the molecule is CC(C)NC1(C#N)CSC(C)C1. The Morgan fingerprint density at radius 2 is 2.33 bits per heavy atom. The van der Waals surface area contributed by atoms with Gasteiger partial charge in [-0.05, 0) is 20.3 Å². The van der Waals surface area contributed by atoms with Crippen LogP contribution in [0.25, 0.3) is 0 Å². The zero-order chi connectivity index (χ0) is 9.19. The Hall–Kier alpha value is -0.200. The summed E-state index contributed by atoms with van der Waals surface area (Å²) < 4.78 is 0. The number of hydrogen-bond acceptors (Lipinski definition) is 3. The molecule has 0 bridgehead atoms. The van der Waals surface area contributed by atoms with E-state index in [1.54, 1.807) is 0 Å². The molecule has 2 unspecified atom stereocenters. The summed E-state index contributed by atoms with van der Waals surface area (Å²) in [6, 6.07) is 2.81. The Kier molecular flexibility index (Phi) is 3.03. The molecule has 1 fully saturated rings. The van der Waals surface area contributed by atoms with Gasteiger partial charge in [0.15, 0.2) is 0 Å². The van der Waals surface area contributed by atoms with Crippen molar-refractivity contribution >= 4 is 11.8 Å². The van der Waals surface area contributed by atoms with E-state index in [-0.39, 0.29) is 5.54 Å². The molecule has 0 saturated carbocycles. The summed E-state index contributed by atoms with van der Waals surface area (Å²) in [7, 11) is 0. The van der Waals surface area contributed by atoms with Crippen LogP contribution < -0.4 is 5.32 Å². The van der Waals surface area contributed by atoms with Gasteiger partial charge >= 0.3 is 0 Å². The number of nitrogens with one attached hydrogen (secondary N) is 1. The second-order valence-electron chi connectivity index (χ2n) is 3.82. The average molecular weight is 184 g/mol. The largest absolute Gasteiger partial charge is 0.296 e. The maximum Gasteiger partial charge on any atom is 0.117 e. The maximum absolute atomic E-state index is 9.06. The van der Waals surface area contributed by atoms with E-state index in [2.05, 4.69) is 32.2 Å². The molecule has 2 atom stereocenters. The molecule has 1 heterocycles. The van der Waals surface area contributed by atoms with Gasteiger partial charge in [-0.15, -0.1) is 0 Å². The smallest absolute Gasteiger partial charge is 0.117 e. The highest BCUT2D eigenvalue weighted by Crippen LogP contribution is 2.34. The molecule has 2 nitrogen and oxygen atoms in total. The predicted molar refractivity (Wildman–Crippen MR) is 53.2 cm³/mol. The van der Waals surface area contributed by atoms with Gasteiger partial charge in [0.1, 0.15) is 5.54 Å². The first-order chi connectivity index (χ1) is 5.58. The van der Waals surface area contributed by atoms with Crippen LogP contribution in [0.15, 0.2) is 0 Å². The summed E-state index contributed by atoms with van der Waals surface area (Å²) in [5.41, 5.74) is -0.252. The van der Waals surface area contributed by atoms with E-state index in [1.807, 2.05) is 11.8 Å². The third-order valence-corrected chi connectivity index (χ3v) is 3.42. The topological polar surface area (TPSA) is 35.8 Å². The minimum atomic E-state index is -0.252. The first kappa shape index (κ1) is 9.88. The molecule has 0 spiro atoms. The number of nitriles is 1. The van der Waals surface area contributed by atoms with Gasteiger partial charge < -0.3 is 0 Å². The molecule has 0 aromatic heterocycles. The van der Waals surface area contributed by atoms with Crippen LogP contribution >= 0.6 is 11.8 Å². The fourth-order valence-corrected chi connectivity index (χ4v) is 2.89. The van der Waals surface area contributed by atoms with Crippen molar-refractivity contribution in [3.63, 3.8) is 0 Å². The van der Waals surface area contributed by atoms with Gasteiger partial charge in [-0.1, -0.05) is 6.92 Å². The summed E-state index contributed by atoms with van der Waals surface area (Å²) in [4.78, 5) is 0. The molecule has 0 aromatic rings. The second-order valence-corrected chi connectivity index (χ2v) is 5.25. The molecule has 1 aliphatic heterocycles. The number of nitrogens with zero attached hydrogens (tertiary/aromatic N) is 1. The van der Waals surface area contributed by atoms with Crippen LogP contribution in [-0.2, 0) is 0 Å². The van der Waals surface area contributed by atoms with Crippen LogP contribution in [0.3, 0.4) is 0 Å². The fraction of sp³-hybridized carbons (Fsp3) is 0.889. The van der Waals surface area contributed by atoms with Gasteiger partial charge in [0, 0.05) is 17.0 Å². The Morgan fingerprint density at radius 1 is 1.67 bits per heavy atom. The molecular weight excluding hydrogens is 168 g/mol. The van der Waals surface area contributed by atoms with E-state index >= 15 is 0 Å². The molecule has 1 aliphatic rings. The molecule has 0 amide bonds. The van der Waals surface area contributed by atoms with Crippen LogP contribution in [0.2, 0.25) is 0 Å². The van der Waals surface area contributed by atoms with Crippen molar-refractivity contribution in [3.8, 4) is 6.07 Å². The molecule has 1 N–H and O–H groups in total. The monoisotopic (exact) mass is 184 g/mol. The number of rotatable bonds is 2. The van der Waals surface area contributed by atoms with Crippen LogP contribution in [-0.4, -0.2) is 22.6 Å². The zero-order valence-electron chi connectivity index (χ0n) is 7.92. The fourth-order valence-electron chi connectivity index (χ4n) is 1.66. The average Bonchev–Trinajstić information content (AvgIpc) is 2.32. The van der Waals surface area contributed by atoms with Crippen LogP contribution in [0.4, 0.5) is 0 Å². The van der Waals surface area contributed by atoms with E-state index in [0.29, 0.717) is 11.3 Å². The van der Waals surface area contributed by atoms with Crippen LogP contribution in [0.1, 0.15) is 27.2 Å². The van der Waals surface area contributed by atoms with Crippen LogP contribution in [0.5, 0.6) is 0 Å². The van der Waals surface area contributed by atoms with E-state index in [0.717, 1.165) is 12.2 Å². The van der Waals surface area contributed by atoms with Crippen molar-refractivity contribution in [2.75, 3.05) is 5.75 Å². The highest BCUT2D eigenvalue weighted by Gasteiger charge is 2.38. The van der Waals surface area contributed by atoms with Gasteiger partial charge in [-0.3, -0.25) is 5.32 Å². The first-order valence-electron chi connectivity index (χ1n) is 4.38. The molecule has 68 valence electrons. The van der Waals surface area contributed by atoms with E-state index in [9.17, 15) is 0 Å². The minimum Gasteiger partial charge on any atom is -0.296 e. The standard InChI is InChI=1S/C9H16N2S/c1-7(2)11-9(5-10)4-8(3)12-6-9/h7-8,11H,4,6H2,1-3H3. The quantitative estimate of drug-likeness (QED) is 0.710. The van der Waals surface area contributed by atoms with Gasteiger partial charge in [0.2, 0.25) is 0 Å². The van der Waals surface area contributed by atoms with Crippen molar-refractivity contribution in [2.45, 2.75) is 44.0 Å². The normalized spacial score (nSPS) is 35.4. The number of thioether (sulfide) groups is 1. The van der Waals surface area contributed by atoms with Crippen molar-refractivity contribution in [1.82, 2.24) is 5.32 Å². The predicted octanol–water partition coefficient (Wildman–Crippen LogP) is 1.77. The summed E-state index contributed by atoms with van der Waals surface area (Å²) in [5, 5.41) is 13.0. The lowest BCUT2D eigenvalue weighted by Gasteiger charge is -2.24. The first-order valence-corrected chi connectivity index (χ1v) is 5.43. The molecule has 3 heteroatoms. The second kappa shape index (κ2) is 3.68. The third kappa shape index (κ3) is 2.15. The minimum absolute atomic E-state index is 0.252. The molecule has 0 aromatic carbocycles. The highest BCUT2D eigenvalue weighted by molar-refractivity contribution is 8.00. The summed E-state index contributed by atoms with van der Waals surface area (Å²) in [6.45, 7) is 6.37. The Balaban J connectivity index is 2.60. The third-order valence-electron chi connectivity index (χ3n) is 2.03. The van der Waals surface area contributed by atoms with Gasteiger partial charge in [0.05, 0.1) is 6.07 Å². The number of hydrogen-bond donors (Lipinski definition) is 1. The van der Waals surface area contributed by atoms with E-state index in [1.165, 1.54) is 0 Å². The molecular formula is C9H16N2S. The van der Waals surface area contributed by atoms with Gasteiger partial charge in [-0.2, -0.15) is 17.0 Å². The Bertz CT molecular complexity index is 197. The molecule has 0 radical (unpaired) electrons. The summed E-state index contributed by atoms with van der Waals surface area (Å²) in [6.07, 6.45) is 0.979. The Morgan fingerprint density at radius 3 is 2.67 bits per heavy atom. The highest BCUT2D eigenvalue weighted by atomic mass is 32.2. The Labute approximate surface area is 78.7 Å². The lowest BCUT2D eigenvalue weighted by atomic mass is 9.97. The van der Waals surface area contributed by atoms with Gasteiger partial charge in [0.25, 0.3) is 0 Å². The van der Waals surface area contributed by atoms with Crippen LogP contribution in [0, 0.1) is 11.3 Å². The van der Waals surface area contributed by atoms with E-state index < -0.39 is 0 Å².